The van der Waals surface area contributed by atoms with Gasteiger partial charge in [0, 0.05) is 24.8 Å². The molecule has 1 amide bonds. The smallest absolute Gasteiger partial charge is 0.252 e. The molecule has 5 heteroatoms. The lowest BCUT2D eigenvalue weighted by atomic mass is 10.2. The summed E-state index contributed by atoms with van der Waals surface area (Å²) < 4.78 is 0. The molecule has 0 aliphatic carbocycles. The van der Waals surface area contributed by atoms with Crippen molar-refractivity contribution in [2.75, 3.05) is 19.6 Å². The molecule has 100 valence electrons. The summed E-state index contributed by atoms with van der Waals surface area (Å²) in [4.78, 5) is 27.4. The molecule has 0 fully saturated rings. The first-order chi connectivity index (χ1) is 8.58. The molecule has 1 unspecified atom stereocenters. The Labute approximate surface area is 107 Å². The number of carbonyl (C=O) groups excluding carboxylic acids is 1. The predicted molar refractivity (Wildman–Crippen MR) is 71.8 cm³/mol. The number of rotatable bonds is 6. The number of H-pyrrole nitrogens is 1. The molecule has 0 saturated carbocycles. The van der Waals surface area contributed by atoms with E-state index in [1.54, 1.807) is 0 Å². The number of nitrogens with one attached hydrogen (secondary N) is 2. The number of amides is 1. The summed E-state index contributed by atoms with van der Waals surface area (Å²) in [6.07, 6.45) is 1.43. The summed E-state index contributed by atoms with van der Waals surface area (Å²) >= 11 is 0. The fourth-order valence-electron chi connectivity index (χ4n) is 1.87. The van der Waals surface area contributed by atoms with Gasteiger partial charge in [-0.2, -0.15) is 0 Å². The number of hydrogen-bond donors (Lipinski definition) is 2. The molecule has 0 aromatic carbocycles. The second-order valence-corrected chi connectivity index (χ2v) is 4.22. The topological polar surface area (TPSA) is 65.2 Å². The van der Waals surface area contributed by atoms with Crippen molar-refractivity contribution in [3.63, 3.8) is 0 Å². The number of likely N-dealkylation sites (N-methyl/N-ethyl adjacent to an activating group) is 1. The van der Waals surface area contributed by atoms with Crippen LogP contribution in [-0.4, -0.2) is 41.5 Å². The van der Waals surface area contributed by atoms with Gasteiger partial charge in [0.15, 0.2) is 0 Å². The summed E-state index contributed by atoms with van der Waals surface area (Å²) in [5, 5.41) is 2.86. The molecule has 0 radical (unpaired) electrons. The van der Waals surface area contributed by atoms with E-state index in [1.807, 2.05) is 0 Å². The van der Waals surface area contributed by atoms with E-state index in [9.17, 15) is 9.59 Å². The van der Waals surface area contributed by atoms with Crippen LogP contribution >= 0.6 is 0 Å². The summed E-state index contributed by atoms with van der Waals surface area (Å²) in [5.74, 6) is -0.162. The highest BCUT2D eigenvalue weighted by molar-refractivity contribution is 5.93. The zero-order valence-corrected chi connectivity index (χ0v) is 11.2. The Morgan fingerprint density at radius 3 is 2.56 bits per heavy atom. The van der Waals surface area contributed by atoms with Crippen LogP contribution < -0.4 is 10.9 Å². The van der Waals surface area contributed by atoms with Gasteiger partial charge in [-0.05, 0) is 26.1 Å². The second-order valence-electron chi connectivity index (χ2n) is 4.22. The number of pyridine rings is 1. The first-order valence-corrected chi connectivity index (χ1v) is 6.29. The zero-order valence-electron chi connectivity index (χ0n) is 11.2. The lowest BCUT2D eigenvalue weighted by Crippen LogP contribution is -2.42. The number of carbonyl (C=O) groups is 1. The third-order valence-corrected chi connectivity index (χ3v) is 3.04. The van der Waals surface area contributed by atoms with Gasteiger partial charge in [0.1, 0.15) is 0 Å². The minimum Gasteiger partial charge on any atom is -0.350 e. The van der Waals surface area contributed by atoms with E-state index in [0.29, 0.717) is 18.2 Å². The summed E-state index contributed by atoms with van der Waals surface area (Å²) in [7, 11) is 0. The van der Waals surface area contributed by atoms with Crippen LogP contribution in [0, 0.1) is 0 Å². The molecule has 18 heavy (non-hydrogen) atoms. The van der Waals surface area contributed by atoms with E-state index in [-0.39, 0.29) is 11.5 Å². The average Bonchev–Trinajstić information content (AvgIpc) is 2.38. The first kappa shape index (κ1) is 14.4. The Balaban J connectivity index is 2.51. The van der Waals surface area contributed by atoms with Crippen LogP contribution in [0.1, 0.15) is 31.1 Å². The van der Waals surface area contributed by atoms with Gasteiger partial charge in [-0.3, -0.25) is 14.5 Å². The van der Waals surface area contributed by atoms with Gasteiger partial charge in [0.2, 0.25) is 5.56 Å². The third-order valence-electron chi connectivity index (χ3n) is 3.04. The maximum atomic E-state index is 11.8. The lowest BCUT2D eigenvalue weighted by molar-refractivity contribution is 0.0937. The summed E-state index contributed by atoms with van der Waals surface area (Å²) in [6, 6.07) is 3.17. The van der Waals surface area contributed by atoms with Crippen LogP contribution in [0.3, 0.4) is 0 Å². The van der Waals surface area contributed by atoms with Crippen LogP contribution in [0.15, 0.2) is 23.1 Å². The Hall–Kier alpha value is -1.62. The minimum atomic E-state index is -0.206. The van der Waals surface area contributed by atoms with E-state index in [1.165, 1.54) is 18.3 Å². The van der Waals surface area contributed by atoms with E-state index < -0.39 is 0 Å². The Bertz CT molecular complexity index is 418. The van der Waals surface area contributed by atoms with E-state index in [0.717, 1.165) is 13.1 Å². The zero-order chi connectivity index (χ0) is 13.5. The van der Waals surface area contributed by atoms with Crippen molar-refractivity contribution >= 4 is 5.91 Å². The van der Waals surface area contributed by atoms with Crippen molar-refractivity contribution in [3.8, 4) is 0 Å². The molecule has 1 atom stereocenters. The number of hydrogen-bond acceptors (Lipinski definition) is 3. The highest BCUT2D eigenvalue weighted by atomic mass is 16.1. The molecule has 5 nitrogen and oxygen atoms in total. The third kappa shape index (κ3) is 4.00. The monoisotopic (exact) mass is 251 g/mol. The number of nitrogens with zero attached hydrogens (tertiary/aromatic N) is 1. The van der Waals surface area contributed by atoms with E-state index in [2.05, 4.69) is 36.0 Å². The quantitative estimate of drug-likeness (QED) is 0.787. The molecule has 1 rings (SSSR count). The molecule has 0 saturated heterocycles. The maximum absolute atomic E-state index is 11.8. The molecule has 0 bridgehead atoms. The number of aromatic nitrogens is 1. The average molecular weight is 251 g/mol. The van der Waals surface area contributed by atoms with Gasteiger partial charge in [-0.1, -0.05) is 13.8 Å². The molecule has 0 aliphatic rings. The maximum Gasteiger partial charge on any atom is 0.252 e. The van der Waals surface area contributed by atoms with Gasteiger partial charge >= 0.3 is 0 Å². The molecule has 0 aliphatic heterocycles. The van der Waals surface area contributed by atoms with Crippen LogP contribution in [0.5, 0.6) is 0 Å². The molecule has 2 N–H and O–H groups in total. The van der Waals surface area contributed by atoms with E-state index in [4.69, 9.17) is 0 Å². The minimum absolute atomic E-state index is 0.162. The first-order valence-electron chi connectivity index (χ1n) is 6.29. The summed E-state index contributed by atoms with van der Waals surface area (Å²) in [5.41, 5.74) is 0.268. The highest BCUT2D eigenvalue weighted by Gasteiger charge is 2.12. The van der Waals surface area contributed by atoms with Gasteiger partial charge in [-0.15, -0.1) is 0 Å². The Morgan fingerprint density at radius 2 is 2.06 bits per heavy atom. The molecule has 1 aromatic rings. The highest BCUT2D eigenvalue weighted by Crippen LogP contribution is 1.98. The predicted octanol–water partition coefficient (Wildman–Crippen LogP) is 0.835. The van der Waals surface area contributed by atoms with Crippen LogP contribution in [-0.2, 0) is 0 Å². The number of aromatic amines is 1. The fourth-order valence-corrected chi connectivity index (χ4v) is 1.87. The van der Waals surface area contributed by atoms with Crippen molar-refractivity contribution in [1.82, 2.24) is 15.2 Å². The second kappa shape index (κ2) is 6.96. The molecular weight excluding hydrogens is 230 g/mol. The van der Waals surface area contributed by atoms with Gasteiger partial charge in [0.05, 0.1) is 5.56 Å². The van der Waals surface area contributed by atoms with Crippen LogP contribution in [0.4, 0.5) is 0 Å². The molecule has 0 spiro atoms. The SMILES string of the molecule is CCN(CC)C(C)CNC(=O)c1ccc(=O)[nH]c1. The van der Waals surface area contributed by atoms with Crippen molar-refractivity contribution < 1.29 is 4.79 Å². The largest absolute Gasteiger partial charge is 0.350 e. The van der Waals surface area contributed by atoms with Crippen molar-refractivity contribution in [1.29, 1.82) is 0 Å². The van der Waals surface area contributed by atoms with Gasteiger partial charge in [-0.25, -0.2) is 0 Å². The lowest BCUT2D eigenvalue weighted by Gasteiger charge is -2.26. The standard InChI is InChI=1S/C13H21N3O2/c1-4-16(5-2)10(3)8-15-13(18)11-6-7-12(17)14-9-11/h6-7,9-10H,4-5,8H2,1-3H3,(H,14,17)(H,15,18). The fraction of sp³-hybridized carbons (Fsp3) is 0.538. The Kier molecular flexibility index (Phi) is 5.58. The van der Waals surface area contributed by atoms with Crippen LogP contribution in [0.25, 0.3) is 0 Å². The molecule has 1 heterocycles. The van der Waals surface area contributed by atoms with Crippen molar-refractivity contribution in [2.24, 2.45) is 0 Å². The van der Waals surface area contributed by atoms with Crippen LogP contribution in [0.2, 0.25) is 0 Å². The van der Waals surface area contributed by atoms with Gasteiger partial charge in [0.25, 0.3) is 5.91 Å². The van der Waals surface area contributed by atoms with E-state index >= 15 is 0 Å². The Morgan fingerprint density at radius 1 is 1.39 bits per heavy atom. The van der Waals surface area contributed by atoms with Crippen molar-refractivity contribution in [2.45, 2.75) is 26.8 Å². The van der Waals surface area contributed by atoms with Gasteiger partial charge < -0.3 is 10.3 Å². The normalized spacial score (nSPS) is 12.4. The summed E-state index contributed by atoms with van der Waals surface area (Å²) in [6.45, 7) is 8.81. The van der Waals surface area contributed by atoms with Crippen molar-refractivity contribution in [3.05, 3.63) is 34.2 Å². The molecule has 1 aromatic heterocycles. The molecular formula is C13H21N3O2.